The van der Waals surface area contributed by atoms with Crippen molar-refractivity contribution in [3.8, 4) is 17.6 Å². The third-order valence-corrected chi connectivity index (χ3v) is 5.95. The van der Waals surface area contributed by atoms with E-state index in [0.29, 0.717) is 39.4 Å². The quantitative estimate of drug-likeness (QED) is 0.172. The van der Waals surface area contributed by atoms with Gasteiger partial charge in [-0.15, -0.1) is 0 Å². The van der Waals surface area contributed by atoms with E-state index in [1.54, 1.807) is 42.5 Å². The van der Waals surface area contributed by atoms with E-state index in [4.69, 9.17) is 32.7 Å². The van der Waals surface area contributed by atoms with Gasteiger partial charge in [-0.05, 0) is 83.1 Å². The Labute approximate surface area is 216 Å². The van der Waals surface area contributed by atoms with Crippen molar-refractivity contribution < 1.29 is 14.3 Å². The molecule has 33 heavy (non-hydrogen) atoms. The number of halogens is 3. The highest BCUT2D eigenvalue weighted by molar-refractivity contribution is 14.1. The van der Waals surface area contributed by atoms with Crippen LogP contribution in [0.15, 0.2) is 66.2 Å². The summed E-state index contributed by atoms with van der Waals surface area (Å²) in [6, 6.07) is 19.8. The Morgan fingerprint density at radius 1 is 1.09 bits per heavy atom. The van der Waals surface area contributed by atoms with Gasteiger partial charge in [0.05, 0.1) is 20.2 Å². The number of carbonyl (C=O) groups excluding carboxylic acids is 1. The second kappa shape index (κ2) is 11.9. The molecule has 0 saturated carbocycles. The molecule has 0 aliphatic rings. The van der Waals surface area contributed by atoms with Crippen LogP contribution in [0.3, 0.4) is 0 Å². The number of carbonyl (C=O) groups is 1. The van der Waals surface area contributed by atoms with Gasteiger partial charge in [-0.3, -0.25) is 4.79 Å². The van der Waals surface area contributed by atoms with Crippen molar-refractivity contribution >= 4 is 63.5 Å². The molecule has 0 heterocycles. The number of nitriles is 1. The molecule has 3 aromatic rings. The molecule has 168 valence electrons. The van der Waals surface area contributed by atoms with E-state index in [9.17, 15) is 10.1 Å². The lowest BCUT2D eigenvalue weighted by molar-refractivity contribution is -0.112. The van der Waals surface area contributed by atoms with Gasteiger partial charge in [-0.25, -0.2) is 0 Å². The van der Waals surface area contributed by atoms with Crippen LogP contribution >= 0.6 is 45.8 Å². The maximum atomic E-state index is 12.5. The van der Waals surface area contributed by atoms with Gasteiger partial charge in [-0.1, -0.05) is 47.5 Å². The Bertz CT molecular complexity index is 1220. The maximum absolute atomic E-state index is 12.5. The molecule has 3 rings (SSSR count). The van der Waals surface area contributed by atoms with E-state index < -0.39 is 5.91 Å². The van der Waals surface area contributed by atoms with Crippen molar-refractivity contribution in [3.05, 3.63) is 91.0 Å². The molecule has 0 saturated heterocycles. The van der Waals surface area contributed by atoms with Crippen LogP contribution in [0.4, 0.5) is 5.69 Å². The lowest BCUT2D eigenvalue weighted by Gasteiger charge is -2.15. The molecule has 0 bridgehead atoms. The number of nitrogens with one attached hydrogen (secondary N) is 1. The number of rotatable bonds is 8. The van der Waals surface area contributed by atoms with E-state index in [2.05, 4.69) is 27.9 Å². The lowest BCUT2D eigenvalue weighted by atomic mass is 10.1. The first-order chi connectivity index (χ1) is 15.9. The monoisotopic (exact) mass is 592 g/mol. The normalized spacial score (nSPS) is 10.9. The van der Waals surface area contributed by atoms with Gasteiger partial charge in [0.15, 0.2) is 11.5 Å². The molecule has 8 heteroatoms. The zero-order valence-corrected chi connectivity index (χ0v) is 21.2. The highest BCUT2D eigenvalue weighted by atomic mass is 127. The molecular weight excluding hydrogens is 574 g/mol. The van der Waals surface area contributed by atoms with E-state index in [0.717, 1.165) is 9.13 Å². The minimum Gasteiger partial charge on any atom is -0.490 e. The van der Waals surface area contributed by atoms with Crippen LogP contribution in [0.25, 0.3) is 6.08 Å². The van der Waals surface area contributed by atoms with Gasteiger partial charge < -0.3 is 14.8 Å². The lowest BCUT2D eigenvalue weighted by Crippen LogP contribution is -2.13. The first-order valence-corrected chi connectivity index (χ1v) is 11.8. The summed E-state index contributed by atoms with van der Waals surface area (Å²) in [6.07, 6.45) is 1.52. The zero-order chi connectivity index (χ0) is 23.8. The number of para-hydroxylation sites is 1. The van der Waals surface area contributed by atoms with Gasteiger partial charge in [-0.2, -0.15) is 5.26 Å². The topological polar surface area (TPSA) is 71.3 Å². The highest BCUT2D eigenvalue weighted by Gasteiger charge is 2.15. The maximum Gasteiger partial charge on any atom is 0.266 e. The molecule has 0 radical (unpaired) electrons. The van der Waals surface area contributed by atoms with Crippen LogP contribution in [0.5, 0.6) is 11.5 Å². The fourth-order valence-electron chi connectivity index (χ4n) is 2.89. The zero-order valence-electron chi connectivity index (χ0n) is 17.6. The van der Waals surface area contributed by atoms with Crippen LogP contribution in [-0.4, -0.2) is 12.5 Å². The van der Waals surface area contributed by atoms with E-state index in [-0.39, 0.29) is 12.2 Å². The fourth-order valence-corrected chi connectivity index (χ4v) is 4.00. The smallest absolute Gasteiger partial charge is 0.266 e. The van der Waals surface area contributed by atoms with Crippen LogP contribution in [0, 0.1) is 14.9 Å². The number of hydrogen-bond acceptors (Lipinski definition) is 4. The molecule has 0 unspecified atom stereocenters. The molecule has 0 aromatic heterocycles. The van der Waals surface area contributed by atoms with Gasteiger partial charge in [0, 0.05) is 5.69 Å². The van der Waals surface area contributed by atoms with E-state index in [1.165, 1.54) is 6.08 Å². The summed E-state index contributed by atoms with van der Waals surface area (Å²) in [6.45, 7) is 2.56. The molecule has 1 N–H and O–H groups in total. The molecule has 0 spiro atoms. The average Bonchev–Trinajstić information content (AvgIpc) is 2.80. The Balaban J connectivity index is 1.84. The van der Waals surface area contributed by atoms with Crippen molar-refractivity contribution in [2.45, 2.75) is 13.5 Å². The highest BCUT2D eigenvalue weighted by Crippen LogP contribution is 2.36. The second-order valence-electron chi connectivity index (χ2n) is 6.79. The summed E-state index contributed by atoms with van der Waals surface area (Å²) in [7, 11) is 0. The van der Waals surface area contributed by atoms with Crippen LogP contribution in [0.2, 0.25) is 10.0 Å². The fraction of sp³-hybridized carbons (Fsp3) is 0.120. The number of benzene rings is 3. The van der Waals surface area contributed by atoms with Crippen molar-refractivity contribution in [3.63, 3.8) is 0 Å². The number of hydrogen-bond donors (Lipinski definition) is 1. The minimum absolute atomic E-state index is 0.0263. The van der Waals surface area contributed by atoms with Crippen molar-refractivity contribution in [2.75, 3.05) is 11.9 Å². The van der Waals surface area contributed by atoms with Gasteiger partial charge in [0.2, 0.25) is 0 Å². The molecule has 0 aliphatic heterocycles. The summed E-state index contributed by atoms with van der Waals surface area (Å²) >= 11 is 14.2. The third-order valence-electron chi connectivity index (χ3n) is 4.41. The standard InChI is InChI=1S/C25H19Cl2IN2O3/c1-2-32-23-13-17(10-18(14-29)25(31)30-19-6-4-3-5-7-19)12-22(28)24(23)33-15-16-8-9-20(26)21(27)11-16/h3-13H,2,15H2,1H3,(H,30,31)/b18-10-. The first-order valence-electron chi connectivity index (χ1n) is 9.92. The molecule has 0 aliphatic carbocycles. The predicted molar refractivity (Wildman–Crippen MR) is 140 cm³/mol. The molecule has 1 amide bonds. The average molecular weight is 593 g/mol. The van der Waals surface area contributed by atoms with Crippen molar-refractivity contribution in [1.82, 2.24) is 0 Å². The SMILES string of the molecule is CCOc1cc(/C=C(/C#N)C(=O)Nc2ccccc2)cc(I)c1OCc1ccc(Cl)c(Cl)c1. The Morgan fingerprint density at radius 2 is 1.85 bits per heavy atom. The predicted octanol–water partition coefficient (Wildman–Crippen LogP) is 7.12. The Hall–Kier alpha value is -2.73. The molecule has 0 atom stereocenters. The number of anilines is 1. The summed E-state index contributed by atoms with van der Waals surface area (Å²) in [4.78, 5) is 12.5. The van der Waals surface area contributed by atoms with Gasteiger partial charge in [0.1, 0.15) is 18.2 Å². The van der Waals surface area contributed by atoms with E-state index in [1.807, 2.05) is 31.2 Å². The molecular formula is C25H19Cl2IN2O3. The van der Waals surface area contributed by atoms with Crippen LogP contribution < -0.4 is 14.8 Å². The summed E-state index contributed by atoms with van der Waals surface area (Å²) in [5, 5.41) is 13.2. The Kier molecular flexibility index (Phi) is 9.01. The first kappa shape index (κ1) is 24.9. The molecule has 0 fully saturated rings. The number of amides is 1. The van der Waals surface area contributed by atoms with Gasteiger partial charge in [0.25, 0.3) is 5.91 Å². The number of nitrogens with zero attached hydrogens (tertiary/aromatic N) is 1. The summed E-state index contributed by atoms with van der Waals surface area (Å²) in [5.41, 5.74) is 2.08. The van der Waals surface area contributed by atoms with Crippen LogP contribution in [-0.2, 0) is 11.4 Å². The largest absolute Gasteiger partial charge is 0.490 e. The number of ether oxygens (including phenoxy) is 2. The van der Waals surface area contributed by atoms with Crippen molar-refractivity contribution in [2.24, 2.45) is 0 Å². The Morgan fingerprint density at radius 3 is 2.52 bits per heavy atom. The minimum atomic E-state index is -0.489. The van der Waals surface area contributed by atoms with Crippen molar-refractivity contribution in [1.29, 1.82) is 5.26 Å². The van der Waals surface area contributed by atoms with Crippen LogP contribution in [0.1, 0.15) is 18.1 Å². The van der Waals surface area contributed by atoms with E-state index >= 15 is 0 Å². The summed E-state index contributed by atoms with van der Waals surface area (Å²) in [5.74, 6) is 0.584. The third kappa shape index (κ3) is 6.87. The molecule has 3 aromatic carbocycles. The second-order valence-corrected chi connectivity index (χ2v) is 8.77. The van der Waals surface area contributed by atoms with Gasteiger partial charge >= 0.3 is 0 Å². The summed E-state index contributed by atoms with van der Waals surface area (Å²) < 4.78 is 12.6. The molecule has 5 nitrogen and oxygen atoms in total.